The van der Waals surface area contributed by atoms with E-state index in [1.165, 1.54) is 12.4 Å². The van der Waals surface area contributed by atoms with Gasteiger partial charge >= 0.3 is 6.09 Å². The van der Waals surface area contributed by atoms with E-state index < -0.39 is 17.7 Å². The van der Waals surface area contributed by atoms with E-state index >= 15 is 4.39 Å². The first-order chi connectivity index (χ1) is 20.8. The van der Waals surface area contributed by atoms with Crippen LogP contribution in [0.5, 0.6) is 0 Å². The molecular weight excluding hydrogens is 562 g/mol. The zero-order valence-electron chi connectivity index (χ0n) is 23.2. The number of amides is 2. The lowest BCUT2D eigenvalue weighted by molar-refractivity contribution is -0.119. The molecule has 2 aliphatic heterocycles. The Bertz CT molecular complexity index is 1710. The van der Waals surface area contributed by atoms with Gasteiger partial charge in [-0.25, -0.2) is 33.5 Å². The molecule has 0 spiro atoms. The monoisotopic (exact) mass is 590 g/mol. The molecule has 0 saturated carbocycles. The van der Waals surface area contributed by atoms with Crippen LogP contribution in [0.25, 0.3) is 22.0 Å². The van der Waals surface area contributed by atoms with E-state index in [-0.39, 0.29) is 22.8 Å². The molecule has 0 atom stereocenters. The number of benzene rings is 1. The second kappa shape index (κ2) is 11.7. The Morgan fingerprint density at radius 3 is 2.51 bits per heavy atom. The van der Waals surface area contributed by atoms with Gasteiger partial charge in [-0.15, -0.1) is 0 Å². The number of anilines is 5. The largest absolute Gasteiger partial charge is 0.465 e. The number of piperidine rings is 1. The molecule has 0 bridgehead atoms. The number of morpholine rings is 1. The minimum atomic E-state index is -1.30. The Hall–Kier alpha value is -4.98. The van der Waals surface area contributed by atoms with Crippen LogP contribution in [0.3, 0.4) is 0 Å². The molecule has 14 heteroatoms. The molecule has 0 aliphatic carbocycles. The average molecular weight is 591 g/mol. The summed E-state index contributed by atoms with van der Waals surface area (Å²) < 4.78 is 35.4. The molecule has 222 valence electrons. The average Bonchev–Trinajstić information content (AvgIpc) is 2.99. The van der Waals surface area contributed by atoms with Crippen molar-refractivity contribution in [3.05, 3.63) is 54.0 Å². The van der Waals surface area contributed by atoms with Crippen molar-refractivity contribution in [3.8, 4) is 11.1 Å². The Kier molecular flexibility index (Phi) is 7.67. The number of ether oxygens (including phenoxy) is 1. The van der Waals surface area contributed by atoms with Crippen molar-refractivity contribution >= 4 is 51.9 Å². The second-order valence-corrected chi connectivity index (χ2v) is 10.3. The second-order valence-electron chi connectivity index (χ2n) is 10.3. The number of aromatic nitrogens is 4. The summed E-state index contributed by atoms with van der Waals surface area (Å²) in [5.74, 6) is -0.805. The van der Waals surface area contributed by atoms with E-state index in [4.69, 9.17) is 9.84 Å². The van der Waals surface area contributed by atoms with Crippen LogP contribution in [-0.2, 0) is 9.53 Å². The number of carbonyl (C=O) groups excluding carboxylic acids is 1. The van der Waals surface area contributed by atoms with Crippen LogP contribution in [0.4, 0.5) is 42.5 Å². The van der Waals surface area contributed by atoms with Crippen LogP contribution in [0.2, 0.25) is 0 Å². The highest BCUT2D eigenvalue weighted by Crippen LogP contribution is 2.40. The van der Waals surface area contributed by atoms with Gasteiger partial charge in [0.2, 0.25) is 11.9 Å². The lowest BCUT2D eigenvalue weighted by Gasteiger charge is -2.30. The van der Waals surface area contributed by atoms with Crippen molar-refractivity contribution in [3.63, 3.8) is 0 Å². The molecule has 5 heterocycles. The third kappa shape index (κ3) is 5.73. The summed E-state index contributed by atoms with van der Waals surface area (Å²) in [5.41, 5.74) is 2.46. The van der Waals surface area contributed by atoms with Crippen molar-refractivity contribution in [1.29, 1.82) is 0 Å². The van der Waals surface area contributed by atoms with E-state index in [2.05, 4.69) is 35.5 Å². The Morgan fingerprint density at radius 2 is 1.79 bits per heavy atom. The molecule has 0 radical (unpaired) electrons. The van der Waals surface area contributed by atoms with E-state index in [1.54, 1.807) is 18.0 Å². The van der Waals surface area contributed by atoms with Gasteiger partial charge < -0.3 is 20.1 Å². The number of nitrogens with zero attached hydrogens (tertiary/aromatic N) is 6. The van der Waals surface area contributed by atoms with Gasteiger partial charge in [0.25, 0.3) is 0 Å². The van der Waals surface area contributed by atoms with Crippen molar-refractivity contribution in [2.24, 2.45) is 0 Å². The normalized spacial score (nSPS) is 15.6. The first-order valence-electron chi connectivity index (χ1n) is 13.8. The molecule has 43 heavy (non-hydrogen) atoms. The fourth-order valence-corrected chi connectivity index (χ4v) is 5.35. The zero-order valence-corrected chi connectivity index (χ0v) is 23.2. The highest BCUT2D eigenvalue weighted by molar-refractivity contribution is 6.02. The fourth-order valence-electron chi connectivity index (χ4n) is 5.35. The van der Waals surface area contributed by atoms with Crippen molar-refractivity contribution in [1.82, 2.24) is 19.9 Å². The summed E-state index contributed by atoms with van der Waals surface area (Å²) >= 11 is 0. The third-order valence-corrected chi connectivity index (χ3v) is 7.47. The van der Waals surface area contributed by atoms with Crippen LogP contribution in [0, 0.1) is 18.6 Å². The van der Waals surface area contributed by atoms with Gasteiger partial charge in [-0.3, -0.25) is 15.0 Å². The van der Waals surface area contributed by atoms with Crippen LogP contribution in [0.1, 0.15) is 24.8 Å². The summed E-state index contributed by atoms with van der Waals surface area (Å²) in [6, 6.07) is 3.76. The maximum absolute atomic E-state index is 15.5. The molecule has 2 saturated heterocycles. The number of hydrogen-bond acceptors (Lipinski definition) is 9. The number of halogens is 2. The minimum Gasteiger partial charge on any atom is -0.465 e. The lowest BCUT2D eigenvalue weighted by atomic mass is 10.0. The van der Waals surface area contributed by atoms with Gasteiger partial charge in [-0.05, 0) is 19.8 Å². The van der Waals surface area contributed by atoms with E-state index in [1.807, 2.05) is 6.07 Å². The number of nitrogens with one attached hydrogen (secondary N) is 2. The Morgan fingerprint density at radius 1 is 1.02 bits per heavy atom. The topological polar surface area (TPSA) is 146 Å². The van der Waals surface area contributed by atoms with Gasteiger partial charge in [-0.2, -0.15) is 0 Å². The number of carbonyl (C=O) groups is 2. The number of rotatable bonds is 6. The highest BCUT2D eigenvalue weighted by Gasteiger charge is 2.27. The molecular formula is C29H28F2N8O4. The SMILES string of the molecule is Cc1c(N2CCCCC2=O)nc2cc(F)cc(F)c2c1Nc1cc(N2CCOCC2)ncc1-c1cnc(NC(=O)O)nc1. The summed E-state index contributed by atoms with van der Waals surface area (Å²) in [4.78, 5) is 44.9. The smallest absolute Gasteiger partial charge is 0.411 e. The number of pyridine rings is 2. The van der Waals surface area contributed by atoms with Gasteiger partial charge in [-0.1, -0.05) is 0 Å². The van der Waals surface area contributed by atoms with Crippen LogP contribution < -0.4 is 20.4 Å². The molecule has 2 amide bonds. The van der Waals surface area contributed by atoms with E-state index in [0.29, 0.717) is 79.0 Å². The molecule has 2 aliphatic rings. The third-order valence-electron chi connectivity index (χ3n) is 7.47. The van der Waals surface area contributed by atoms with Crippen LogP contribution in [-0.4, -0.2) is 69.9 Å². The van der Waals surface area contributed by atoms with Crippen molar-refractivity contribution in [2.75, 3.05) is 53.3 Å². The predicted molar refractivity (Wildman–Crippen MR) is 156 cm³/mol. The summed E-state index contributed by atoms with van der Waals surface area (Å²) in [5, 5.41) is 14.5. The van der Waals surface area contributed by atoms with E-state index in [0.717, 1.165) is 25.0 Å². The Balaban J connectivity index is 1.51. The fraction of sp³-hybridized carbons (Fsp3) is 0.310. The molecule has 3 aromatic heterocycles. The highest BCUT2D eigenvalue weighted by atomic mass is 19.1. The summed E-state index contributed by atoms with van der Waals surface area (Å²) in [7, 11) is 0. The molecule has 0 unspecified atom stereocenters. The standard InChI is InChI=1S/C29H28F2N8O4/c1-16-26(25-20(31)10-18(30)11-22(25)36-27(16)39-5-3-2-4-24(39)40)35-21-12-23(38-6-8-43-9-7-38)32-15-19(21)17-13-33-28(34-14-17)37-29(41)42/h10-15H,2-9H2,1H3,(H,41,42)(H,32,35,36)(H,33,34,37). The quantitative estimate of drug-likeness (QED) is 0.285. The first kappa shape index (κ1) is 28.2. The number of fused-ring (bicyclic) bond motifs is 1. The van der Waals surface area contributed by atoms with Gasteiger partial charge in [0.05, 0.1) is 35.5 Å². The Labute approximate surface area is 244 Å². The van der Waals surface area contributed by atoms with Crippen LogP contribution in [0.15, 0.2) is 36.8 Å². The molecule has 4 aromatic rings. The first-order valence-corrected chi connectivity index (χ1v) is 13.8. The van der Waals surface area contributed by atoms with Crippen molar-refractivity contribution in [2.45, 2.75) is 26.2 Å². The van der Waals surface area contributed by atoms with E-state index in [9.17, 15) is 14.0 Å². The van der Waals surface area contributed by atoms with Gasteiger partial charge in [0.15, 0.2) is 0 Å². The molecule has 12 nitrogen and oxygen atoms in total. The molecule has 1 aromatic carbocycles. The van der Waals surface area contributed by atoms with Crippen LogP contribution >= 0.6 is 0 Å². The lowest BCUT2D eigenvalue weighted by Crippen LogP contribution is -2.36. The maximum Gasteiger partial charge on any atom is 0.411 e. The van der Waals surface area contributed by atoms with Gasteiger partial charge in [0.1, 0.15) is 23.3 Å². The summed E-state index contributed by atoms with van der Waals surface area (Å²) in [6.07, 6.45) is 5.14. The number of hydrogen-bond donors (Lipinski definition) is 3. The summed E-state index contributed by atoms with van der Waals surface area (Å²) in [6.45, 7) is 4.51. The molecule has 2 fully saturated rings. The maximum atomic E-state index is 15.5. The van der Waals surface area contributed by atoms with Crippen molar-refractivity contribution < 1.29 is 28.2 Å². The zero-order chi connectivity index (χ0) is 30.1. The predicted octanol–water partition coefficient (Wildman–Crippen LogP) is 4.86. The molecule has 3 N–H and O–H groups in total. The molecule has 6 rings (SSSR count). The van der Waals surface area contributed by atoms with Gasteiger partial charge in [0, 0.05) is 79.5 Å². The number of carboxylic acid groups (broad SMARTS) is 1. The minimum absolute atomic E-state index is 0.0652.